The van der Waals surface area contributed by atoms with Crippen molar-refractivity contribution in [3.05, 3.63) is 47.9 Å². The molecule has 0 radical (unpaired) electrons. The molecule has 0 aliphatic carbocycles. The molecular weight excluding hydrogens is 372 g/mol. The Balaban J connectivity index is 1.36. The summed E-state index contributed by atoms with van der Waals surface area (Å²) in [5, 5.41) is 0. The maximum Gasteiger partial charge on any atom is 0.298 e. The van der Waals surface area contributed by atoms with Gasteiger partial charge in [-0.1, -0.05) is 6.07 Å². The number of ether oxygens (including phenoxy) is 2. The van der Waals surface area contributed by atoms with E-state index in [-0.39, 0.29) is 30.6 Å². The Morgan fingerprint density at radius 3 is 2.62 bits per heavy atom. The second-order valence-corrected chi connectivity index (χ2v) is 8.34. The highest BCUT2D eigenvalue weighted by atomic mass is 16.7. The third-order valence-corrected chi connectivity index (χ3v) is 7.02. The second kappa shape index (κ2) is 6.35. The Morgan fingerprint density at radius 2 is 1.83 bits per heavy atom. The van der Waals surface area contributed by atoms with Crippen molar-refractivity contribution in [3.8, 4) is 11.5 Å². The smallest absolute Gasteiger partial charge is 0.298 e. The van der Waals surface area contributed by atoms with Crippen LogP contribution < -0.4 is 9.47 Å². The summed E-state index contributed by atoms with van der Waals surface area (Å²) in [6, 6.07) is 9.55. The Labute approximate surface area is 168 Å². The van der Waals surface area contributed by atoms with Crippen LogP contribution in [0.1, 0.15) is 34.9 Å². The van der Waals surface area contributed by atoms with Crippen LogP contribution in [0.15, 0.2) is 41.0 Å². The van der Waals surface area contributed by atoms with E-state index in [1.807, 2.05) is 17.0 Å². The van der Waals surface area contributed by atoms with Crippen LogP contribution in [0.4, 0.5) is 0 Å². The summed E-state index contributed by atoms with van der Waals surface area (Å²) >= 11 is 0. The van der Waals surface area contributed by atoms with Gasteiger partial charge in [-0.25, -0.2) is 0 Å². The number of piperidine rings is 3. The minimum absolute atomic E-state index is 0.0688. The number of likely N-dealkylation sites (tertiary alicyclic amines) is 1. The molecule has 0 saturated carbocycles. The van der Waals surface area contributed by atoms with Crippen LogP contribution in [0.3, 0.4) is 0 Å². The quantitative estimate of drug-likeness (QED) is 0.588. The lowest BCUT2D eigenvalue weighted by molar-refractivity contribution is -0.131. The van der Waals surface area contributed by atoms with Gasteiger partial charge in [0.2, 0.25) is 6.79 Å². The van der Waals surface area contributed by atoms with Gasteiger partial charge in [-0.15, -0.1) is 0 Å². The van der Waals surface area contributed by atoms with Gasteiger partial charge in [0.15, 0.2) is 17.3 Å². The van der Waals surface area contributed by atoms with Gasteiger partial charge in [0.25, 0.3) is 11.7 Å². The maximum absolute atomic E-state index is 13.2. The Morgan fingerprint density at radius 1 is 1.00 bits per heavy atom. The summed E-state index contributed by atoms with van der Waals surface area (Å²) < 4.78 is 16.2. The predicted octanol–water partition coefficient (Wildman–Crippen LogP) is 2.28. The van der Waals surface area contributed by atoms with E-state index in [0.717, 1.165) is 43.0 Å². The summed E-state index contributed by atoms with van der Waals surface area (Å²) in [5.74, 6) is 1.20. The van der Waals surface area contributed by atoms with Crippen molar-refractivity contribution in [2.45, 2.75) is 30.8 Å². The molecule has 4 saturated heterocycles. The van der Waals surface area contributed by atoms with E-state index in [4.69, 9.17) is 13.9 Å². The van der Waals surface area contributed by atoms with Crippen LogP contribution in [0.2, 0.25) is 0 Å². The molecule has 29 heavy (non-hydrogen) atoms. The average molecular weight is 394 g/mol. The Kier molecular flexibility index (Phi) is 3.74. The summed E-state index contributed by atoms with van der Waals surface area (Å²) in [7, 11) is 0. The molecule has 7 nitrogen and oxygen atoms in total. The molecule has 2 bridgehead atoms. The van der Waals surface area contributed by atoms with E-state index in [1.54, 1.807) is 12.1 Å². The summed E-state index contributed by atoms with van der Waals surface area (Å²) in [6.07, 6.45) is 3.58. The minimum atomic E-state index is -0.559. The number of carbonyl (C=O) groups is 2. The number of fused-ring (bicyclic) bond motifs is 3. The minimum Gasteiger partial charge on any atom is -0.461 e. The lowest BCUT2D eigenvalue weighted by Crippen LogP contribution is -2.61. The number of hydrogen-bond donors (Lipinski definition) is 0. The van der Waals surface area contributed by atoms with Gasteiger partial charge in [-0.2, -0.15) is 0 Å². The number of benzene rings is 1. The van der Waals surface area contributed by atoms with E-state index in [0.29, 0.717) is 12.5 Å². The van der Waals surface area contributed by atoms with Gasteiger partial charge in [0.05, 0.1) is 12.3 Å². The topological polar surface area (TPSA) is 72.2 Å². The van der Waals surface area contributed by atoms with Crippen LogP contribution in [-0.4, -0.2) is 60.0 Å². The van der Waals surface area contributed by atoms with Gasteiger partial charge < -0.3 is 18.8 Å². The molecule has 6 heterocycles. The SMILES string of the molecule is O=C(C(=O)N1C[C@H](c2ccc3c(c2)OCO3)[C@H]2[C@@H]1C1CCN2CC1)c1ccco1. The first-order chi connectivity index (χ1) is 14.2. The molecule has 1 amide bonds. The van der Waals surface area contributed by atoms with Gasteiger partial charge in [0.1, 0.15) is 0 Å². The molecule has 0 spiro atoms. The predicted molar refractivity (Wildman–Crippen MR) is 102 cm³/mol. The fourth-order valence-electron chi connectivity index (χ4n) is 5.74. The molecule has 5 aliphatic rings. The molecule has 4 fully saturated rings. The van der Waals surface area contributed by atoms with Crippen molar-refractivity contribution in [3.63, 3.8) is 0 Å². The van der Waals surface area contributed by atoms with Crippen LogP contribution in [-0.2, 0) is 4.79 Å². The number of carbonyl (C=O) groups excluding carboxylic acids is 2. The van der Waals surface area contributed by atoms with Crippen molar-refractivity contribution in [1.29, 1.82) is 0 Å². The molecule has 3 atom stereocenters. The highest BCUT2D eigenvalue weighted by Gasteiger charge is 2.55. The molecule has 5 aliphatic heterocycles. The largest absolute Gasteiger partial charge is 0.461 e. The molecule has 0 N–H and O–H groups in total. The van der Waals surface area contributed by atoms with Gasteiger partial charge in [-0.3, -0.25) is 14.5 Å². The fourth-order valence-corrected chi connectivity index (χ4v) is 5.74. The van der Waals surface area contributed by atoms with Crippen LogP contribution >= 0.6 is 0 Å². The highest BCUT2D eigenvalue weighted by molar-refractivity contribution is 6.42. The number of amides is 1. The van der Waals surface area contributed by atoms with Crippen molar-refractivity contribution in [2.75, 3.05) is 26.4 Å². The standard InChI is InChI=1S/C22H22N2O5/c25-21(17-2-1-9-27-17)22(26)24-11-15(14-3-4-16-18(10-14)29-12-28-16)20-19(24)13-5-7-23(20)8-6-13/h1-4,9-10,13,15,19-20H,5-8,11-12H2/t15-,19+,20+/m1/s1. The lowest BCUT2D eigenvalue weighted by Gasteiger charge is -2.51. The number of rotatable bonds is 3. The van der Waals surface area contributed by atoms with Crippen molar-refractivity contribution < 1.29 is 23.5 Å². The first-order valence-corrected chi connectivity index (χ1v) is 10.2. The molecule has 150 valence electrons. The van der Waals surface area contributed by atoms with Gasteiger partial charge in [0, 0.05) is 18.5 Å². The number of hydrogen-bond acceptors (Lipinski definition) is 6. The van der Waals surface area contributed by atoms with E-state index >= 15 is 0 Å². The molecule has 7 heteroatoms. The zero-order valence-corrected chi connectivity index (χ0v) is 16.0. The number of furan rings is 1. The summed E-state index contributed by atoms with van der Waals surface area (Å²) in [4.78, 5) is 30.3. The number of nitrogens with zero attached hydrogens (tertiary/aromatic N) is 2. The third-order valence-electron chi connectivity index (χ3n) is 7.02. The highest BCUT2D eigenvalue weighted by Crippen LogP contribution is 2.48. The lowest BCUT2D eigenvalue weighted by atomic mass is 9.75. The van der Waals surface area contributed by atoms with E-state index in [1.165, 1.54) is 6.26 Å². The zero-order valence-electron chi connectivity index (χ0n) is 16.0. The molecule has 2 aromatic rings. The molecule has 7 rings (SSSR count). The van der Waals surface area contributed by atoms with E-state index in [2.05, 4.69) is 11.0 Å². The molecule has 1 aromatic carbocycles. The second-order valence-electron chi connectivity index (χ2n) is 8.34. The van der Waals surface area contributed by atoms with Crippen molar-refractivity contribution >= 4 is 11.7 Å². The number of Topliss-reactive ketones (excluding diaryl/α,β-unsaturated/α-hetero) is 1. The van der Waals surface area contributed by atoms with Crippen molar-refractivity contribution in [1.82, 2.24) is 9.80 Å². The Hall–Kier alpha value is -2.80. The zero-order chi connectivity index (χ0) is 19.5. The van der Waals surface area contributed by atoms with Gasteiger partial charge in [-0.05, 0) is 61.7 Å². The van der Waals surface area contributed by atoms with Crippen LogP contribution in [0.5, 0.6) is 11.5 Å². The monoisotopic (exact) mass is 394 g/mol. The molecule has 0 unspecified atom stereocenters. The summed E-state index contributed by atoms with van der Waals surface area (Å²) in [6.45, 7) is 2.89. The average Bonchev–Trinajstić information content (AvgIpc) is 3.52. The molecule has 1 aromatic heterocycles. The van der Waals surface area contributed by atoms with Gasteiger partial charge >= 0.3 is 0 Å². The summed E-state index contributed by atoms with van der Waals surface area (Å²) in [5.41, 5.74) is 1.14. The first-order valence-electron chi connectivity index (χ1n) is 10.2. The third kappa shape index (κ3) is 2.53. The number of ketones is 1. The normalized spacial score (nSPS) is 31.7. The van der Waals surface area contributed by atoms with E-state index in [9.17, 15) is 9.59 Å². The van der Waals surface area contributed by atoms with E-state index < -0.39 is 11.7 Å². The first kappa shape index (κ1) is 17.1. The Bertz CT molecular complexity index is 964. The molecular formula is C22H22N2O5. The van der Waals surface area contributed by atoms with Crippen molar-refractivity contribution in [2.24, 2.45) is 5.92 Å². The maximum atomic E-state index is 13.2. The van der Waals surface area contributed by atoms with Crippen LogP contribution in [0, 0.1) is 5.92 Å². The fraction of sp³-hybridized carbons (Fsp3) is 0.455. The van der Waals surface area contributed by atoms with Crippen LogP contribution in [0.25, 0.3) is 0 Å².